The zero-order valence-corrected chi connectivity index (χ0v) is 10.3. The molecule has 0 aromatic heterocycles. The van der Waals surface area contributed by atoms with Gasteiger partial charge in [-0.05, 0) is 13.0 Å². The van der Waals surface area contributed by atoms with Gasteiger partial charge < -0.3 is 14.6 Å². The largest absolute Gasteiger partial charge is 0.507 e. The van der Waals surface area contributed by atoms with Gasteiger partial charge in [0, 0.05) is 30.8 Å². The Morgan fingerprint density at radius 2 is 2.35 bits per heavy atom. The van der Waals surface area contributed by atoms with E-state index in [0.29, 0.717) is 17.5 Å². The van der Waals surface area contributed by atoms with E-state index in [-0.39, 0.29) is 0 Å². The molecule has 1 aromatic carbocycles. The highest BCUT2D eigenvalue weighted by atomic mass is 16.5. The van der Waals surface area contributed by atoms with Crippen LogP contribution >= 0.6 is 0 Å². The fourth-order valence-corrected chi connectivity index (χ4v) is 2.02. The van der Waals surface area contributed by atoms with E-state index in [1.807, 2.05) is 12.1 Å². The van der Waals surface area contributed by atoms with Crippen LogP contribution in [0.15, 0.2) is 18.2 Å². The molecule has 0 aliphatic carbocycles. The van der Waals surface area contributed by atoms with E-state index in [9.17, 15) is 5.11 Å². The van der Waals surface area contributed by atoms with Crippen molar-refractivity contribution in [3.63, 3.8) is 0 Å². The predicted octanol–water partition coefficient (Wildman–Crippen LogP) is 1.62. The van der Waals surface area contributed by atoms with Gasteiger partial charge in [-0.25, -0.2) is 0 Å². The van der Waals surface area contributed by atoms with Crippen LogP contribution in [0.4, 0.5) is 0 Å². The van der Waals surface area contributed by atoms with Gasteiger partial charge >= 0.3 is 0 Å². The quantitative estimate of drug-likeness (QED) is 0.867. The lowest BCUT2D eigenvalue weighted by Crippen LogP contribution is -2.42. The van der Waals surface area contributed by atoms with Crippen molar-refractivity contribution in [1.29, 1.82) is 0 Å². The van der Waals surface area contributed by atoms with Crippen molar-refractivity contribution >= 4 is 0 Å². The third-order valence-electron chi connectivity index (χ3n) is 3.17. The van der Waals surface area contributed by atoms with Crippen molar-refractivity contribution in [3.05, 3.63) is 23.8 Å². The summed E-state index contributed by atoms with van der Waals surface area (Å²) < 4.78 is 10.5. The summed E-state index contributed by atoms with van der Waals surface area (Å²) in [5, 5.41) is 9.90. The molecule has 0 bridgehead atoms. The molecule has 4 heteroatoms. The van der Waals surface area contributed by atoms with Crippen molar-refractivity contribution in [2.75, 3.05) is 26.9 Å². The van der Waals surface area contributed by atoms with E-state index in [0.717, 1.165) is 31.9 Å². The van der Waals surface area contributed by atoms with Gasteiger partial charge in [-0.15, -0.1) is 0 Å². The zero-order chi connectivity index (χ0) is 12.3. The highest BCUT2D eigenvalue weighted by Crippen LogP contribution is 2.25. The standard InChI is InChI=1S/C13H19NO3/c1-10-9-17-6-5-14(10)8-11-3-4-12(16-2)7-13(11)15/h3-4,7,10,15H,5-6,8-9H2,1-2H3. The Balaban J connectivity index is 2.07. The SMILES string of the molecule is COc1ccc(CN2CCOCC2C)c(O)c1. The second-order valence-electron chi connectivity index (χ2n) is 4.39. The molecule has 0 amide bonds. The molecule has 1 unspecified atom stereocenters. The van der Waals surface area contributed by atoms with Gasteiger partial charge in [0.1, 0.15) is 11.5 Å². The minimum absolute atomic E-state index is 0.294. The van der Waals surface area contributed by atoms with E-state index in [1.54, 1.807) is 13.2 Å². The number of benzene rings is 1. The molecule has 1 aliphatic rings. The Morgan fingerprint density at radius 3 is 3.00 bits per heavy atom. The molecule has 0 radical (unpaired) electrons. The van der Waals surface area contributed by atoms with Crippen molar-refractivity contribution < 1.29 is 14.6 Å². The summed E-state index contributed by atoms with van der Waals surface area (Å²) in [4.78, 5) is 2.31. The summed E-state index contributed by atoms with van der Waals surface area (Å²) in [6, 6.07) is 5.84. The molecule has 1 heterocycles. The van der Waals surface area contributed by atoms with Crippen LogP contribution in [0, 0.1) is 0 Å². The minimum Gasteiger partial charge on any atom is -0.507 e. The Morgan fingerprint density at radius 1 is 1.53 bits per heavy atom. The lowest BCUT2D eigenvalue weighted by molar-refractivity contribution is -0.00464. The maximum absolute atomic E-state index is 9.90. The molecule has 1 saturated heterocycles. The van der Waals surface area contributed by atoms with E-state index < -0.39 is 0 Å². The van der Waals surface area contributed by atoms with Crippen molar-refractivity contribution in [1.82, 2.24) is 4.90 Å². The maximum atomic E-state index is 9.90. The molecule has 17 heavy (non-hydrogen) atoms. The second-order valence-corrected chi connectivity index (χ2v) is 4.39. The molecule has 1 N–H and O–H groups in total. The molecule has 1 atom stereocenters. The van der Waals surface area contributed by atoms with Crippen LogP contribution < -0.4 is 4.74 Å². The molecule has 1 aliphatic heterocycles. The second kappa shape index (κ2) is 5.38. The van der Waals surface area contributed by atoms with Crippen LogP contribution in [-0.2, 0) is 11.3 Å². The van der Waals surface area contributed by atoms with E-state index in [1.165, 1.54) is 0 Å². The number of phenolic OH excluding ortho intramolecular Hbond substituents is 1. The Hall–Kier alpha value is -1.26. The Labute approximate surface area is 102 Å². The predicted molar refractivity (Wildman–Crippen MR) is 65.3 cm³/mol. The van der Waals surface area contributed by atoms with E-state index >= 15 is 0 Å². The Kier molecular flexibility index (Phi) is 3.86. The van der Waals surface area contributed by atoms with Crippen molar-refractivity contribution in [2.45, 2.75) is 19.5 Å². The topological polar surface area (TPSA) is 41.9 Å². The summed E-state index contributed by atoms with van der Waals surface area (Å²) in [5.41, 5.74) is 0.930. The lowest BCUT2D eigenvalue weighted by Gasteiger charge is -2.33. The summed E-state index contributed by atoms with van der Waals surface area (Å²) in [6.45, 7) is 5.32. The Bertz CT molecular complexity index is 381. The number of hydrogen-bond donors (Lipinski definition) is 1. The van der Waals surface area contributed by atoms with Gasteiger partial charge in [-0.3, -0.25) is 4.90 Å². The first-order chi connectivity index (χ1) is 8.20. The molecular formula is C13H19NO3. The maximum Gasteiger partial charge on any atom is 0.123 e. The first-order valence-electron chi connectivity index (χ1n) is 5.88. The highest BCUT2D eigenvalue weighted by molar-refractivity contribution is 5.39. The first kappa shape index (κ1) is 12.2. The molecule has 0 saturated carbocycles. The number of methoxy groups -OCH3 is 1. The normalized spacial score (nSPS) is 21.4. The molecule has 2 rings (SSSR count). The monoisotopic (exact) mass is 237 g/mol. The fraction of sp³-hybridized carbons (Fsp3) is 0.538. The first-order valence-corrected chi connectivity index (χ1v) is 5.88. The van der Waals surface area contributed by atoms with Crippen molar-refractivity contribution in [2.24, 2.45) is 0 Å². The molecule has 94 valence electrons. The third-order valence-corrected chi connectivity index (χ3v) is 3.17. The van der Waals surface area contributed by atoms with E-state index in [4.69, 9.17) is 9.47 Å². The zero-order valence-electron chi connectivity index (χ0n) is 10.3. The van der Waals surface area contributed by atoms with Gasteiger partial charge in [-0.2, -0.15) is 0 Å². The summed E-state index contributed by atoms with van der Waals surface area (Å²) in [6.07, 6.45) is 0. The van der Waals surface area contributed by atoms with Crippen molar-refractivity contribution in [3.8, 4) is 11.5 Å². The highest BCUT2D eigenvalue weighted by Gasteiger charge is 2.19. The number of aromatic hydroxyl groups is 1. The van der Waals surface area contributed by atoms with Gasteiger partial charge in [-0.1, -0.05) is 6.07 Å². The van der Waals surface area contributed by atoms with Crippen LogP contribution in [0.25, 0.3) is 0 Å². The smallest absolute Gasteiger partial charge is 0.123 e. The number of hydrogen-bond acceptors (Lipinski definition) is 4. The average molecular weight is 237 g/mol. The fourth-order valence-electron chi connectivity index (χ4n) is 2.02. The van der Waals surface area contributed by atoms with Gasteiger partial charge in [0.05, 0.1) is 20.3 Å². The third kappa shape index (κ3) is 2.90. The minimum atomic E-state index is 0.294. The van der Waals surface area contributed by atoms with Gasteiger partial charge in [0.25, 0.3) is 0 Å². The molecule has 4 nitrogen and oxygen atoms in total. The van der Waals surface area contributed by atoms with Crippen LogP contribution in [0.5, 0.6) is 11.5 Å². The van der Waals surface area contributed by atoms with Gasteiger partial charge in [0.15, 0.2) is 0 Å². The van der Waals surface area contributed by atoms with Gasteiger partial charge in [0.2, 0.25) is 0 Å². The number of ether oxygens (including phenoxy) is 2. The van der Waals surface area contributed by atoms with Crippen LogP contribution in [0.2, 0.25) is 0 Å². The summed E-state index contributed by atoms with van der Waals surface area (Å²) >= 11 is 0. The summed E-state index contributed by atoms with van der Waals surface area (Å²) in [7, 11) is 1.60. The van der Waals surface area contributed by atoms with Crippen LogP contribution in [0.1, 0.15) is 12.5 Å². The number of morpholine rings is 1. The van der Waals surface area contributed by atoms with Crippen LogP contribution in [-0.4, -0.2) is 42.9 Å². The number of nitrogens with zero attached hydrogens (tertiary/aromatic N) is 1. The molecular weight excluding hydrogens is 218 g/mol. The summed E-state index contributed by atoms with van der Waals surface area (Å²) in [5.74, 6) is 0.976. The molecule has 1 fully saturated rings. The number of phenols is 1. The molecule has 1 aromatic rings. The van der Waals surface area contributed by atoms with Crippen LogP contribution in [0.3, 0.4) is 0 Å². The number of rotatable bonds is 3. The lowest BCUT2D eigenvalue weighted by atomic mass is 10.1. The molecule has 0 spiro atoms. The van der Waals surface area contributed by atoms with E-state index in [2.05, 4.69) is 11.8 Å². The average Bonchev–Trinajstić information content (AvgIpc) is 2.34.